The summed E-state index contributed by atoms with van der Waals surface area (Å²) in [4.78, 5) is 13.5. The number of carboxylic acids is 1. The highest BCUT2D eigenvalue weighted by Crippen LogP contribution is 2.29. The van der Waals surface area contributed by atoms with Crippen LogP contribution in [0.1, 0.15) is 51.7 Å². The van der Waals surface area contributed by atoms with E-state index in [1.54, 1.807) is 20.1 Å². The van der Waals surface area contributed by atoms with Crippen molar-refractivity contribution in [2.45, 2.75) is 58.5 Å². The molecule has 1 fully saturated rings. The van der Waals surface area contributed by atoms with Crippen LogP contribution in [0.15, 0.2) is 22.8 Å². The monoisotopic (exact) mass is 279 g/mol. The van der Waals surface area contributed by atoms with E-state index in [4.69, 9.17) is 9.52 Å². The largest absolute Gasteiger partial charge is 0.481 e. The fourth-order valence-electron chi connectivity index (χ4n) is 2.42. The molecule has 0 aliphatic heterocycles. The zero-order valence-corrected chi connectivity index (χ0v) is 12.5. The highest BCUT2D eigenvalue weighted by Gasteiger charge is 2.30. The van der Waals surface area contributed by atoms with Crippen LogP contribution in [0.25, 0.3) is 0 Å². The molecule has 20 heavy (non-hydrogen) atoms. The van der Waals surface area contributed by atoms with E-state index in [2.05, 4.69) is 4.90 Å². The van der Waals surface area contributed by atoms with Crippen molar-refractivity contribution >= 4 is 5.97 Å². The Morgan fingerprint density at radius 3 is 2.75 bits per heavy atom. The maximum atomic E-state index is 11.1. The zero-order valence-electron chi connectivity index (χ0n) is 12.5. The molecular formula is C16H25NO3. The van der Waals surface area contributed by atoms with E-state index in [0.717, 1.165) is 38.1 Å². The molecule has 1 aromatic rings. The molecule has 1 saturated carbocycles. The molecule has 1 heterocycles. The van der Waals surface area contributed by atoms with Crippen molar-refractivity contribution in [3.8, 4) is 0 Å². The number of aliphatic carboxylic acids is 1. The van der Waals surface area contributed by atoms with Gasteiger partial charge >= 0.3 is 5.97 Å². The number of unbranched alkanes of at least 4 members (excludes halogenated alkanes) is 1. The third kappa shape index (κ3) is 4.37. The lowest BCUT2D eigenvalue weighted by atomic mass is 9.87. The zero-order chi connectivity index (χ0) is 14.6. The average Bonchev–Trinajstić information content (AvgIpc) is 3.11. The second-order valence-electron chi connectivity index (χ2n) is 6.43. The molecule has 0 saturated heterocycles. The topological polar surface area (TPSA) is 53.7 Å². The van der Waals surface area contributed by atoms with E-state index < -0.39 is 11.4 Å². The van der Waals surface area contributed by atoms with Crippen LogP contribution < -0.4 is 0 Å². The van der Waals surface area contributed by atoms with Gasteiger partial charge in [-0.25, -0.2) is 0 Å². The molecule has 4 heteroatoms. The van der Waals surface area contributed by atoms with Crippen molar-refractivity contribution in [2.75, 3.05) is 6.54 Å². The molecule has 0 unspecified atom stereocenters. The van der Waals surface area contributed by atoms with Gasteiger partial charge < -0.3 is 9.52 Å². The Labute approximate surface area is 120 Å². The lowest BCUT2D eigenvalue weighted by Gasteiger charge is -2.22. The van der Waals surface area contributed by atoms with Gasteiger partial charge in [0.15, 0.2) is 0 Å². The maximum Gasteiger partial charge on any atom is 0.309 e. The summed E-state index contributed by atoms with van der Waals surface area (Å²) in [6, 6.07) is 4.64. The van der Waals surface area contributed by atoms with Crippen molar-refractivity contribution in [1.82, 2.24) is 4.90 Å². The molecular weight excluding hydrogens is 254 g/mol. The Hall–Kier alpha value is -1.29. The Balaban J connectivity index is 1.72. The van der Waals surface area contributed by atoms with Crippen molar-refractivity contribution in [3.05, 3.63) is 24.2 Å². The summed E-state index contributed by atoms with van der Waals surface area (Å²) < 4.78 is 5.41. The van der Waals surface area contributed by atoms with Gasteiger partial charge in [0.2, 0.25) is 0 Å². The van der Waals surface area contributed by atoms with Gasteiger partial charge in [-0.05, 0) is 58.2 Å². The minimum absolute atomic E-state index is 0.606. The van der Waals surface area contributed by atoms with E-state index in [1.807, 2.05) is 12.1 Å². The van der Waals surface area contributed by atoms with E-state index >= 15 is 0 Å². The minimum atomic E-state index is -0.702. The molecule has 1 aromatic heterocycles. The van der Waals surface area contributed by atoms with Crippen LogP contribution in [0.3, 0.4) is 0 Å². The van der Waals surface area contributed by atoms with Gasteiger partial charge in [-0.15, -0.1) is 0 Å². The van der Waals surface area contributed by atoms with Gasteiger partial charge in [0.05, 0.1) is 18.2 Å². The summed E-state index contributed by atoms with van der Waals surface area (Å²) in [5.41, 5.74) is -0.606. The SMILES string of the molecule is CC(C)(CCCCN(Cc1ccco1)C1CC1)C(=O)O. The summed E-state index contributed by atoms with van der Waals surface area (Å²) in [6.07, 6.45) is 7.02. The maximum absolute atomic E-state index is 11.1. The number of furan rings is 1. The van der Waals surface area contributed by atoms with E-state index in [1.165, 1.54) is 12.8 Å². The number of nitrogens with zero attached hydrogens (tertiary/aromatic N) is 1. The lowest BCUT2D eigenvalue weighted by molar-refractivity contribution is -0.147. The van der Waals surface area contributed by atoms with Crippen molar-refractivity contribution in [3.63, 3.8) is 0 Å². The van der Waals surface area contributed by atoms with Crippen molar-refractivity contribution in [1.29, 1.82) is 0 Å². The van der Waals surface area contributed by atoms with Crippen LogP contribution in [0.5, 0.6) is 0 Å². The highest BCUT2D eigenvalue weighted by atomic mass is 16.4. The first-order valence-corrected chi connectivity index (χ1v) is 7.49. The van der Waals surface area contributed by atoms with Gasteiger partial charge in [-0.1, -0.05) is 6.42 Å². The molecule has 1 N–H and O–H groups in total. The second kappa shape index (κ2) is 6.44. The molecule has 112 valence electrons. The van der Waals surface area contributed by atoms with Gasteiger partial charge in [-0.2, -0.15) is 0 Å². The first-order valence-electron chi connectivity index (χ1n) is 7.49. The minimum Gasteiger partial charge on any atom is -0.481 e. The van der Waals surface area contributed by atoms with Crippen molar-refractivity contribution in [2.24, 2.45) is 5.41 Å². The number of carboxylic acid groups (broad SMARTS) is 1. The molecule has 1 aliphatic rings. The first kappa shape index (κ1) is 15.1. The Morgan fingerprint density at radius 2 is 2.20 bits per heavy atom. The number of rotatable bonds is 9. The molecule has 4 nitrogen and oxygen atoms in total. The lowest BCUT2D eigenvalue weighted by Crippen LogP contribution is -2.27. The van der Waals surface area contributed by atoms with E-state index in [0.29, 0.717) is 6.04 Å². The predicted octanol–water partition coefficient (Wildman–Crippen LogP) is 3.53. The number of hydrogen-bond donors (Lipinski definition) is 1. The molecule has 0 spiro atoms. The predicted molar refractivity (Wildman–Crippen MR) is 77.4 cm³/mol. The molecule has 2 rings (SSSR count). The van der Waals surface area contributed by atoms with Gasteiger partial charge in [0, 0.05) is 6.04 Å². The molecule has 0 atom stereocenters. The van der Waals surface area contributed by atoms with Crippen molar-refractivity contribution < 1.29 is 14.3 Å². The third-order valence-corrected chi connectivity index (χ3v) is 4.08. The standard InChI is InChI=1S/C16H25NO3/c1-16(2,15(18)19)9-3-4-10-17(13-7-8-13)12-14-6-5-11-20-14/h5-6,11,13H,3-4,7-10,12H2,1-2H3,(H,18,19). The quantitative estimate of drug-likeness (QED) is 0.703. The van der Waals surface area contributed by atoms with Crippen LogP contribution in [0.2, 0.25) is 0 Å². The van der Waals surface area contributed by atoms with E-state index in [9.17, 15) is 4.79 Å². The third-order valence-electron chi connectivity index (χ3n) is 4.08. The van der Waals surface area contributed by atoms with Gasteiger partial charge in [-0.3, -0.25) is 9.69 Å². The molecule has 1 aliphatic carbocycles. The Bertz CT molecular complexity index is 421. The second-order valence-corrected chi connectivity index (χ2v) is 6.43. The van der Waals surface area contributed by atoms with E-state index in [-0.39, 0.29) is 0 Å². The first-order chi connectivity index (χ1) is 9.49. The van der Waals surface area contributed by atoms with Crippen LogP contribution in [0, 0.1) is 5.41 Å². The smallest absolute Gasteiger partial charge is 0.309 e. The molecule has 0 aromatic carbocycles. The Morgan fingerprint density at radius 1 is 1.45 bits per heavy atom. The summed E-state index contributed by atoms with van der Waals surface area (Å²) in [5, 5.41) is 9.10. The fourth-order valence-corrected chi connectivity index (χ4v) is 2.42. The van der Waals surface area contributed by atoms with Crippen LogP contribution in [0.4, 0.5) is 0 Å². The summed E-state index contributed by atoms with van der Waals surface area (Å²) in [5.74, 6) is 0.315. The van der Waals surface area contributed by atoms with Gasteiger partial charge in [0.25, 0.3) is 0 Å². The van der Waals surface area contributed by atoms with Crippen LogP contribution in [-0.2, 0) is 11.3 Å². The Kier molecular flexibility index (Phi) is 4.86. The van der Waals surface area contributed by atoms with Gasteiger partial charge in [0.1, 0.15) is 5.76 Å². The summed E-state index contributed by atoms with van der Waals surface area (Å²) in [7, 11) is 0. The van der Waals surface area contributed by atoms with Crippen LogP contribution >= 0.6 is 0 Å². The van der Waals surface area contributed by atoms with Crippen LogP contribution in [-0.4, -0.2) is 28.6 Å². The molecule has 0 radical (unpaired) electrons. The molecule has 0 bridgehead atoms. The summed E-state index contributed by atoms with van der Waals surface area (Å²) >= 11 is 0. The molecule has 0 amide bonds. The highest BCUT2D eigenvalue weighted by molar-refractivity contribution is 5.73. The number of hydrogen-bond acceptors (Lipinski definition) is 3. The number of carbonyl (C=O) groups is 1. The average molecular weight is 279 g/mol. The fraction of sp³-hybridized carbons (Fsp3) is 0.688. The summed E-state index contributed by atoms with van der Waals surface area (Å²) in [6.45, 7) is 5.51. The normalized spacial score (nSPS) is 15.8.